The molecule has 3 amide bonds. The minimum Gasteiger partial charge on any atom is -0.346 e. The lowest BCUT2D eigenvalue weighted by Crippen LogP contribution is -2.48. The molecule has 1 N–H and O–H groups in total. The monoisotopic (exact) mass is 337 g/mol. The van der Waals surface area contributed by atoms with Gasteiger partial charge in [-0.3, -0.25) is 4.79 Å². The van der Waals surface area contributed by atoms with Crippen molar-refractivity contribution in [2.75, 3.05) is 33.2 Å². The van der Waals surface area contributed by atoms with Crippen LogP contribution in [0.1, 0.15) is 64.7 Å². The number of carbonyl (C=O) groups is 2. The summed E-state index contributed by atoms with van der Waals surface area (Å²) in [5.41, 5.74) is 0. The number of hydrogen-bond acceptors (Lipinski definition) is 2. The van der Waals surface area contributed by atoms with E-state index in [-0.39, 0.29) is 11.9 Å². The second-order valence-corrected chi connectivity index (χ2v) is 7.54. The summed E-state index contributed by atoms with van der Waals surface area (Å²) in [5, 5.41) is 3.00. The van der Waals surface area contributed by atoms with Crippen molar-refractivity contribution in [1.29, 1.82) is 0 Å². The Morgan fingerprint density at radius 3 is 2.62 bits per heavy atom. The number of hydrogen-bond donors (Lipinski definition) is 1. The van der Waals surface area contributed by atoms with Crippen molar-refractivity contribution in [2.24, 2.45) is 11.8 Å². The van der Waals surface area contributed by atoms with Crippen molar-refractivity contribution < 1.29 is 9.59 Å². The summed E-state index contributed by atoms with van der Waals surface area (Å²) in [7, 11) is 1.87. The lowest BCUT2D eigenvalue weighted by Gasteiger charge is -2.41. The van der Waals surface area contributed by atoms with E-state index < -0.39 is 0 Å². The smallest absolute Gasteiger partial charge is 0.317 e. The average molecular weight is 338 g/mol. The van der Waals surface area contributed by atoms with Crippen LogP contribution in [0.5, 0.6) is 0 Å². The Morgan fingerprint density at radius 2 is 1.88 bits per heavy atom. The Morgan fingerprint density at radius 1 is 1.12 bits per heavy atom. The molecule has 0 aromatic rings. The van der Waals surface area contributed by atoms with Gasteiger partial charge in [0.05, 0.1) is 0 Å². The van der Waals surface area contributed by atoms with Crippen LogP contribution < -0.4 is 5.32 Å². The van der Waals surface area contributed by atoms with Gasteiger partial charge in [0.25, 0.3) is 0 Å². The fraction of sp³-hybridized carbons (Fsp3) is 0.895. The number of rotatable bonds is 7. The van der Waals surface area contributed by atoms with E-state index in [0.29, 0.717) is 18.9 Å². The molecule has 0 aromatic heterocycles. The highest BCUT2D eigenvalue weighted by Crippen LogP contribution is 2.35. The predicted molar refractivity (Wildman–Crippen MR) is 96.8 cm³/mol. The molecule has 24 heavy (non-hydrogen) atoms. The minimum absolute atomic E-state index is 0.0609. The lowest BCUT2D eigenvalue weighted by atomic mass is 9.75. The molecule has 2 fully saturated rings. The van der Waals surface area contributed by atoms with Crippen molar-refractivity contribution in [3.05, 3.63) is 0 Å². The molecular formula is C19H35N3O2. The summed E-state index contributed by atoms with van der Waals surface area (Å²) in [6, 6.07) is 0.0609. The number of urea groups is 1. The number of carbonyl (C=O) groups excluding carboxylic acids is 2. The van der Waals surface area contributed by atoms with E-state index >= 15 is 0 Å². The van der Waals surface area contributed by atoms with Crippen LogP contribution in [0.3, 0.4) is 0 Å². The molecule has 2 atom stereocenters. The van der Waals surface area contributed by atoms with Gasteiger partial charge in [-0.15, -0.1) is 0 Å². The van der Waals surface area contributed by atoms with Crippen LogP contribution in [-0.4, -0.2) is 55.0 Å². The van der Waals surface area contributed by atoms with E-state index in [4.69, 9.17) is 0 Å². The fourth-order valence-corrected chi connectivity index (χ4v) is 4.04. The molecule has 5 nitrogen and oxygen atoms in total. The molecule has 0 radical (unpaired) electrons. The summed E-state index contributed by atoms with van der Waals surface area (Å²) in [5.74, 6) is 1.74. The molecule has 1 saturated heterocycles. The van der Waals surface area contributed by atoms with E-state index in [1.165, 1.54) is 32.1 Å². The molecule has 2 aliphatic rings. The minimum atomic E-state index is 0.0609. The van der Waals surface area contributed by atoms with Gasteiger partial charge in [0.15, 0.2) is 0 Å². The van der Waals surface area contributed by atoms with Crippen LogP contribution in [0.4, 0.5) is 4.79 Å². The number of nitrogens with one attached hydrogen (secondary N) is 1. The SMILES string of the molecule is CCCCN(C)C(=O)CCCNC(=O)N1CCC2CCCCC2C1. The zero-order chi connectivity index (χ0) is 17.4. The Balaban J connectivity index is 1.60. The molecule has 0 aromatic carbocycles. The third-order valence-corrected chi connectivity index (χ3v) is 5.69. The third-order valence-electron chi connectivity index (χ3n) is 5.69. The Hall–Kier alpha value is -1.26. The predicted octanol–water partition coefficient (Wildman–Crippen LogP) is 3.25. The van der Waals surface area contributed by atoms with Crippen LogP contribution in [0.15, 0.2) is 0 Å². The van der Waals surface area contributed by atoms with Crippen LogP contribution >= 0.6 is 0 Å². The second-order valence-electron chi connectivity index (χ2n) is 7.54. The number of fused-ring (bicyclic) bond motifs is 1. The van der Waals surface area contributed by atoms with Crippen molar-refractivity contribution in [2.45, 2.75) is 64.7 Å². The van der Waals surface area contributed by atoms with E-state index in [1.807, 2.05) is 11.9 Å². The number of piperidine rings is 1. The Labute approximate surface area is 147 Å². The van der Waals surface area contributed by atoms with Gasteiger partial charge in [0.2, 0.25) is 5.91 Å². The van der Waals surface area contributed by atoms with Gasteiger partial charge >= 0.3 is 6.03 Å². The molecule has 138 valence electrons. The third kappa shape index (κ3) is 5.67. The first kappa shape index (κ1) is 19.1. The van der Waals surface area contributed by atoms with Crippen molar-refractivity contribution in [3.63, 3.8) is 0 Å². The van der Waals surface area contributed by atoms with E-state index in [0.717, 1.165) is 44.8 Å². The summed E-state index contributed by atoms with van der Waals surface area (Å²) in [6.07, 6.45) is 9.89. The van der Waals surface area contributed by atoms with Gasteiger partial charge in [-0.05, 0) is 37.5 Å². The van der Waals surface area contributed by atoms with Crippen LogP contribution in [0.25, 0.3) is 0 Å². The average Bonchev–Trinajstić information content (AvgIpc) is 2.62. The quantitative estimate of drug-likeness (QED) is 0.725. The number of likely N-dealkylation sites (tertiary alicyclic amines) is 1. The zero-order valence-corrected chi connectivity index (χ0v) is 15.6. The normalized spacial score (nSPS) is 23.5. The summed E-state index contributed by atoms with van der Waals surface area (Å²) >= 11 is 0. The first-order valence-electron chi connectivity index (χ1n) is 9.88. The molecule has 5 heteroatoms. The van der Waals surface area contributed by atoms with Crippen LogP contribution in [-0.2, 0) is 4.79 Å². The number of unbranched alkanes of at least 4 members (excludes halogenated alkanes) is 1. The Bertz CT molecular complexity index is 413. The first-order chi connectivity index (χ1) is 11.6. The zero-order valence-electron chi connectivity index (χ0n) is 15.6. The van der Waals surface area contributed by atoms with Crippen LogP contribution in [0.2, 0.25) is 0 Å². The summed E-state index contributed by atoms with van der Waals surface area (Å²) in [4.78, 5) is 28.1. The molecule has 2 rings (SSSR count). The highest BCUT2D eigenvalue weighted by atomic mass is 16.2. The largest absolute Gasteiger partial charge is 0.346 e. The molecule has 0 bridgehead atoms. The second kappa shape index (κ2) is 9.90. The molecule has 1 aliphatic carbocycles. The fourth-order valence-electron chi connectivity index (χ4n) is 4.04. The first-order valence-corrected chi connectivity index (χ1v) is 9.88. The number of nitrogens with zero attached hydrogens (tertiary/aromatic N) is 2. The Kier molecular flexibility index (Phi) is 7.86. The summed E-state index contributed by atoms with van der Waals surface area (Å²) in [6.45, 7) is 5.37. The lowest BCUT2D eigenvalue weighted by molar-refractivity contribution is -0.130. The topological polar surface area (TPSA) is 52.7 Å². The van der Waals surface area contributed by atoms with Gasteiger partial charge in [-0.1, -0.05) is 32.6 Å². The van der Waals surface area contributed by atoms with Gasteiger partial charge < -0.3 is 15.1 Å². The van der Waals surface area contributed by atoms with Gasteiger partial charge in [-0.25, -0.2) is 4.79 Å². The molecule has 2 unspecified atom stereocenters. The summed E-state index contributed by atoms with van der Waals surface area (Å²) < 4.78 is 0. The molecular weight excluding hydrogens is 302 g/mol. The van der Waals surface area contributed by atoms with Crippen molar-refractivity contribution >= 4 is 11.9 Å². The van der Waals surface area contributed by atoms with Crippen LogP contribution in [0, 0.1) is 11.8 Å². The number of amides is 3. The van der Waals surface area contributed by atoms with E-state index in [9.17, 15) is 9.59 Å². The van der Waals surface area contributed by atoms with Gasteiger partial charge in [0, 0.05) is 39.6 Å². The van der Waals surface area contributed by atoms with Crippen molar-refractivity contribution in [3.8, 4) is 0 Å². The maximum Gasteiger partial charge on any atom is 0.317 e. The van der Waals surface area contributed by atoms with E-state index in [2.05, 4.69) is 12.2 Å². The molecule has 1 saturated carbocycles. The molecule has 0 spiro atoms. The molecule has 1 heterocycles. The maximum absolute atomic E-state index is 12.3. The van der Waals surface area contributed by atoms with E-state index in [1.54, 1.807) is 4.90 Å². The highest BCUT2D eigenvalue weighted by molar-refractivity contribution is 5.76. The van der Waals surface area contributed by atoms with Gasteiger partial charge in [-0.2, -0.15) is 0 Å². The maximum atomic E-state index is 12.3. The van der Waals surface area contributed by atoms with Crippen molar-refractivity contribution in [1.82, 2.24) is 15.1 Å². The highest BCUT2D eigenvalue weighted by Gasteiger charge is 2.32. The standard InChI is InChI=1S/C19H35N3O2/c1-3-4-13-21(2)18(23)10-7-12-20-19(24)22-14-11-16-8-5-6-9-17(16)15-22/h16-17H,3-15H2,1-2H3,(H,20,24). The molecule has 1 aliphatic heterocycles. The van der Waals surface area contributed by atoms with Gasteiger partial charge in [0.1, 0.15) is 0 Å².